The third kappa shape index (κ3) is 2.38. The monoisotopic (exact) mass is 317 g/mol. The van der Waals surface area contributed by atoms with Gasteiger partial charge in [0.15, 0.2) is 17.3 Å². The lowest BCUT2D eigenvalue weighted by atomic mass is 9.85. The number of anilines is 1. The Morgan fingerprint density at radius 2 is 1.87 bits per heavy atom. The third-order valence-corrected chi connectivity index (χ3v) is 4.10. The second-order valence-corrected chi connectivity index (χ2v) is 5.34. The van der Waals surface area contributed by atoms with Gasteiger partial charge in [-0.25, -0.2) is 0 Å². The van der Waals surface area contributed by atoms with Crippen LogP contribution in [-0.2, 0) is 4.79 Å². The second kappa shape index (κ2) is 5.83. The Kier molecular flexibility index (Phi) is 3.85. The summed E-state index contributed by atoms with van der Waals surface area (Å²) in [6.07, 6.45) is 0.319. The van der Waals surface area contributed by atoms with Crippen LogP contribution in [0.15, 0.2) is 12.1 Å². The molecule has 0 spiro atoms. The summed E-state index contributed by atoms with van der Waals surface area (Å²) in [5, 5.41) is 9.88. The van der Waals surface area contributed by atoms with Crippen molar-refractivity contribution in [3.05, 3.63) is 29.0 Å². The third-order valence-electron chi connectivity index (χ3n) is 4.10. The van der Waals surface area contributed by atoms with Crippen LogP contribution in [0.1, 0.15) is 29.2 Å². The first kappa shape index (κ1) is 15.2. The quantitative estimate of drug-likeness (QED) is 0.903. The summed E-state index contributed by atoms with van der Waals surface area (Å²) in [5.74, 6) is 2.00. The fourth-order valence-corrected chi connectivity index (χ4v) is 3.09. The van der Waals surface area contributed by atoms with Crippen LogP contribution in [0, 0.1) is 6.92 Å². The van der Waals surface area contributed by atoms with E-state index in [0.29, 0.717) is 29.5 Å². The molecule has 3 rings (SSSR count). The van der Waals surface area contributed by atoms with Crippen LogP contribution in [0.2, 0.25) is 0 Å². The standard InChI is InChI=1S/C16H19N3O4/c1-8-13-10(7-12(20)17-16(13)19-18-8)9-5-6-11(21-2)15(23-4)14(9)22-3/h5-6,10H,7H2,1-4H3,(H2,17,18,19,20)/t10-/m1/s1. The van der Waals surface area contributed by atoms with Crippen molar-refractivity contribution < 1.29 is 19.0 Å². The summed E-state index contributed by atoms with van der Waals surface area (Å²) in [6.45, 7) is 1.93. The molecule has 0 radical (unpaired) electrons. The molecule has 122 valence electrons. The first-order valence-corrected chi connectivity index (χ1v) is 7.24. The molecular weight excluding hydrogens is 298 g/mol. The average molecular weight is 317 g/mol. The molecule has 1 aliphatic rings. The molecule has 2 N–H and O–H groups in total. The number of amides is 1. The van der Waals surface area contributed by atoms with Gasteiger partial charge in [0.1, 0.15) is 0 Å². The molecule has 1 amide bonds. The molecule has 1 aliphatic heterocycles. The summed E-state index contributed by atoms with van der Waals surface area (Å²) < 4.78 is 16.3. The predicted molar refractivity (Wildman–Crippen MR) is 84.5 cm³/mol. The topological polar surface area (TPSA) is 85.5 Å². The molecule has 7 nitrogen and oxygen atoms in total. The summed E-state index contributed by atoms with van der Waals surface area (Å²) in [7, 11) is 4.71. The number of H-pyrrole nitrogens is 1. The summed E-state index contributed by atoms with van der Waals surface area (Å²) in [5.41, 5.74) is 2.75. The van der Waals surface area contributed by atoms with Gasteiger partial charge >= 0.3 is 0 Å². The van der Waals surface area contributed by atoms with Gasteiger partial charge in [-0.2, -0.15) is 5.10 Å². The number of aromatic nitrogens is 2. The highest BCUT2D eigenvalue weighted by Gasteiger charge is 2.33. The van der Waals surface area contributed by atoms with Gasteiger partial charge in [0.05, 0.1) is 21.3 Å². The number of hydrogen-bond donors (Lipinski definition) is 2. The number of aryl methyl sites for hydroxylation is 1. The zero-order chi connectivity index (χ0) is 16.6. The van der Waals surface area contributed by atoms with E-state index in [1.807, 2.05) is 19.1 Å². The van der Waals surface area contributed by atoms with E-state index in [4.69, 9.17) is 14.2 Å². The van der Waals surface area contributed by atoms with E-state index in [-0.39, 0.29) is 11.8 Å². The molecular formula is C16H19N3O4. The number of nitrogens with one attached hydrogen (secondary N) is 2. The van der Waals surface area contributed by atoms with Crippen LogP contribution in [-0.4, -0.2) is 37.4 Å². The SMILES string of the molecule is COc1ccc([C@H]2CC(=O)Nc3n[nH]c(C)c32)c(OC)c1OC. The number of fused-ring (bicyclic) bond motifs is 1. The van der Waals surface area contributed by atoms with E-state index in [9.17, 15) is 4.79 Å². The first-order valence-electron chi connectivity index (χ1n) is 7.24. The number of hydrogen-bond acceptors (Lipinski definition) is 5. The highest BCUT2D eigenvalue weighted by molar-refractivity contribution is 5.94. The van der Waals surface area contributed by atoms with Gasteiger partial charge in [-0.15, -0.1) is 0 Å². The zero-order valence-electron chi connectivity index (χ0n) is 13.5. The largest absolute Gasteiger partial charge is 0.493 e. The minimum atomic E-state index is -0.160. The lowest BCUT2D eigenvalue weighted by Gasteiger charge is -2.25. The van der Waals surface area contributed by atoms with Crippen molar-refractivity contribution in [3.63, 3.8) is 0 Å². The number of rotatable bonds is 4. The van der Waals surface area contributed by atoms with Gasteiger partial charge in [-0.3, -0.25) is 9.89 Å². The fourth-order valence-electron chi connectivity index (χ4n) is 3.09. The maximum atomic E-state index is 12.0. The van der Waals surface area contributed by atoms with Gasteiger partial charge in [0, 0.05) is 29.2 Å². The van der Waals surface area contributed by atoms with Crippen molar-refractivity contribution in [1.82, 2.24) is 10.2 Å². The molecule has 0 unspecified atom stereocenters. The fraction of sp³-hybridized carbons (Fsp3) is 0.375. The smallest absolute Gasteiger partial charge is 0.226 e. The van der Waals surface area contributed by atoms with Crippen molar-refractivity contribution >= 4 is 11.7 Å². The molecule has 1 atom stereocenters. The minimum absolute atomic E-state index is 0.0779. The summed E-state index contributed by atoms with van der Waals surface area (Å²) in [6, 6.07) is 3.72. The van der Waals surface area contributed by atoms with Crippen LogP contribution < -0.4 is 19.5 Å². The van der Waals surface area contributed by atoms with Crippen LogP contribution in [0.4, 0.5) is 5.82 Å². The van der Waals surface area contributed by atoms with Crippen molar-refractivity contribution in [2.24, 2.45) is 0 Å². The Morgan fingerprint density at radius 1 is 1.13 bits per heavy atom. The van der Waals surface area contributed by atoms with Crippen LogP contribution in [0.5, 0.6) is 17.2 Å². The number of benzene rings is 1. The van der Waals surface area contributed by atoms with Gasteiger partial charge < -0.3 is 19.5 Å². The maximum Gasteiger partial charge on any atom is 0.226 e. The molecule has 7 heteroatoms. The normalized spacial score (nSPS) is 16.5. The summed E-state index contributed by atoms with van der Waals surface area (Å²) >= 11 is 0. The molecule has 2 aromatic rings. The highest BCUT2D eigenvalue weighted by atomic mass is 16.5. The predicted octanol–water partition coefficient (Wildman–Crippen LogP) is 2.22. The molecule has 0 saturated carbocycles. The lowest BCUT2D eigenvalue weighted by Crippen LogP contribution is -2.23. The van der Waals surface area contributed by atoms with Gasteiger partial charge in [-0.05, 0) is 13.0 Å². The Hall–Kier alpha value is -2.70. The van der Waals surface area contributed by atoms with Crippen LogP contribution >= 0.6 is 0 Å². The van der Waals surface area contributed by atoms with E-state index in [1.165, 1.54) is 0 Å². The van der Waals surface area contributed by atoms with Gasteiger partial charge in [-0.1, -0.05) is 6.07 Å². The molecule has 1 aromatic heterocycles. The summed E-state index contributed by atoms with van der Waals surface area (Å²) in [4.78, 5) is 12.0. The van der Waals surface area contributed by atoms with E-state index < -0.39 is 0 Å². The number of ether oxygens (including phenoxy) is 3. The lowest BCUT2D eigenvalue weighted by molar-refractivity contribution is -0.116. The molecule has 0 bridgehead atoms. The van der Waals surface area contributed by atoms with Crippen LogP contribution in [0.3, 0.4) is 0 Å². The molecule has 23 heavy (non-hydrogen) atoms. The second-order valence-electron chi connectivity index (χ2n) is 5.34. The first-order chi connectivity index (χ1) is 11.1. The maximum absolute atomic E-state index is 12.0. The number of carbonyl (C=O) groups is 1. The zero-order valence-corrected chi connectivity index (χ0v) is 13.5. The van der Waals surface area contributed by atoms with Crippen molar-refractivity contribution in [3.8, 4) is 17.2 Å². The minimum Gasteiger partial charge on any atom is -0.493 e. The Morgan fingerprint density at radius 3 is 2.52 bits per heavy atom. The number of methoxy groups -OCH3 is 3. The number of aromatic amines is 1. The number of carbonyl (C=O) groups excluding carboxylic acids is 1. The number of nitrogens with zero attached hydrogens (tertiary/aromatic N) is 1. The Balaban J connectivity index is 2.19. The van der Waals surface area contributed by atoms with E-state index in [2.05, 4.69) is 15.5 Å². The molecule has 2 heterocycles. The Labute approximate surface area is 133 Å². The molecule has 0 aliphatic carbocycles. The molecule has 0 fully saturated rings. The van der Waals surface area contributed by atoms with E-state index in [1.54, 1.807) is 21.3 Å². The van der Waals surface area contributed by atoms with E-state index in [0.717, 1.165) is 16.8 Å². The van der Waals surface area contributed by atoms with Crippen molar-refractivity contribution in [2.75, 3.05) is 26.6 Å². The Bertz CT molecular complexity index is 754. The molecule has 1 aromatic carbocycles. The van der Waals surface area contributed by atoms with Gasteiger partial charge in [0.2, 0.25) is 11.7 Å². The average Bonchev–Trinajstić information content (AvgIpc) is 2.93. The van der Waals surface area contributed by atoms with Crippen molar-refractivity contribution in [1.29, 1.82) is 0 Å². The van der Waals surface area contributed by atoms with Crippen LogP contribution in [0.25, 0.3) is 0 Å². The van der Waals surface area contributed by atoms with Crippen molar-refractivity contribution in [2.45, 2.75) is 19.3 Å². The highest BCUT2D eigenvalue weighted by Crippen LogP contribution is 2.47. The molecule has 0 saturated heterocycles. The van der Waals surface area contributed by atoms with E-state index >= 15 is 0 Å². The van der Waals surface area contributed by atoms with Gasteiger partial charge in [0.25, 0.3) is 0 Å².